The van der Waals surface area contributed by atoms with Crippen LogP contribution in [0.2, 0.25) is 0 Å². The van der Waals surface area contributed by atoms with Gasteiger partial charge in [-0.05, 0) is 82.2 Å². The summed E-state index contributed by atoms with van der Waals surface area (Å²) >= 11 is 0. The lowest BCUT2D eigenvalue weighted by molar-refractivity contribution is 1.08. The zero-order chi connectivity index (χ0) is 35.6. The first kappa shape index (κ1) is 30.4. The molecular formula is C51H31N3. The highest BCUT2D eigenvalue weighted by Crippen LogP contribution is 2.43. The normalized spacial score (nSPS) is 11.7. The summed E-state index contributed by atoms with van der Waals surface area (Å²) in [5.74, 6) is 1.94. The zero-order valence-electron chi connectivity index (χ0n) is 29.2. The maximum absolute atomic E-state index is 5.29. The van der Waals surface area contributed by atoms with Crippen molar-refractivity contribution in [3.63, 3.8) is 0 Å². The maximum Gasteiger partial charge on any atom is 0.164 e. The number of hydrogen-bond acceptors (Lipinski definition) is 3. The summed E-state index contributed by atoms with van der Waals surface area (Å²) in [5, 5.41) is 12.2. The second kappa shape index (κ2) is 12.2. The quantitative estimate of drug-likeness (QED) is 0.169. The van der Waals surface area contributed by atoms with Gasteiger partial charge < -0.3 is 0 Å². The molecule has 0 aliphatic rings. The van der Waals surface area contributed by atoms with Crippen LogP contribution in [0.15, 0.2) is 188 Å². The Morgan fingerprint density at radius 2 is 0.648 bits per heavy atom. The van der Waals surface area contributed by atoms with Gasteiger partial charge in [-0.3, -0.25) is 0 Å². The van der Waals surface area contributed by atoms with E-state index in [0.29, 0.717) is 17.5 Å². The van der Waals surface area contributed by atoms with Gasteiger partial charge in [0.15, 0.2) is 17.5 Å². The van der Waals surface area contributed by atoms with Gasteiger partial charge in [0, 0.05) is 16.7 Å². The van der Waals surface area contributed by atoms with E-state index in [1.165, 1.54) is 54.6 Å². The van der Waals surface area contributed by atoms with E-state index in [0.717, 1.165) is 38.2 Å². The molecule has 0 fully saturated rings. The van der Waals surface area contributed by atoms with Crippen LogP contribution in [0.25, 0.3) is 110 Å². The first-order chi connectivity index (χ1) is 26.8. The number of nitrogens with zero attached hydrogens (tertiary/aromatic N) is 3. The Morgan fingerprint density at radius 3 is 1.35 bits per heavy atom. The summed E-state index contributed by atoms with van der Waals surface area (Å²) in [6.45, 7) is 0. The number of rotatable bonds is 5. The van der Waals surface area contributed by atoms with Crippen LogP contribution in [0, 0.1) is 0 Å². The van der Waals surface area contributed by atoms with Crippen molar-refractivity contribution in [3.05, 3.63) is 188 Å². The topological polar surface area (TPSA) is 38.7 Å². The minimum atomic E-state index is 0.645. The number of hydrogen-bond donors (Lipinski definition) is 0. The fourth-order valence-electron chi connectivity index (χ4n) is 8.41. The van der Waals surface area contributed by atoms with Gasteiger partial charge in [0.1, 0.15) is 0 Å². The Labute approximate surface area is 312 Å². The minimum Gasteiger partial charge on any atom is -0.208 e. The summed E-state index contributed by atoms with van der Waals surface area (Å²) in [7, 11) is 0. The zero-order valence-corrected chi connectivity index (χ0v) is 29.2. The summed E-state index contributed by atoms with van der Waals surface area (Å²) in [5.41, 5.74) is 7.65. The van der Waals surface area contributed by atoms with Crippen molar-refractivity contribution >= 4 is 53.9 Å². The van der Waals surface area contributed by atoms with E-state index in [1.807, 2.05) is 18.2 Å². The first-order valence-corrected chi connectivity index (χ1v) is 18.4. The molecule has 0 bridgehead atoms. The molecule has 0 unspecified atom stereocenters. The molecule has 11 rings (SSSR count). The van der Waals surface area contributed by atoms with E-state index in [-0.39, 0.29) is 0 Å². The molecule has 0 atom stereocenters. The minimum absolute atomic E-state index is 0.645. The van der Waals surface area contributed by atoms with Gasteiger partial charge in [-0.2, -0.15) is 0 Å². The van der Waals surface area contributed by atoms with Crippen LogP contribution in [0.3, 0.4) is 0 Å². The lowest BCUT2D eigenvalue weighted by atomic mass is 9.87. The SMILES string of the molecule is c1ccc(-c2nc(-c3cccc4c(-c5ccccc5)cccc34)nc(-c3ccc(-c4ccc5ccc6cccc7ccc4c5c67)c4ccccc34)n2)cc1. The lowest BCUT2D eigenvalue weighted by Gasteiger charge is -2.17. The van der Waals surface area contributed by atoms with Crippen molar-refractivity contribution < 1.29 is 0 Å². The summed E-state index contributed by atoms with van der Waals surface area (Å²) in [6.07, 6.45) is 0. The molecule has 54 heavy (non-hydrogen) atoms. The second-order valence-electron chi connectivity index (χ2n) is 13.9. The third-order valence-corrected chi connectivity index (χ3v) is 10.9. The molecule has 10 aromatic carbocycles. The van der Waals surface area contributed by atoms with Crippen molar-refractivity contribution in [1.29, 1.82) is 0 Å². The highest BCUT2D eigenvalue weighted by molar-refractivity contribution is 6.26. The monoisotopic (exact) mass is 685 g/mol. The summed E-state index contributed by atoms with van der Waals surface area (Å²) < 4.78 is 0. The average Bonchev–Trinajstić information content (AvgIpc) is 3.25. The highest BCUT2D eigenvalue weighted by Gasteiger charge is 2.19. The molecule has 0 N–H and O–H groups in total. The van der Waals surface area contributed by atoms with E-state index >= 15 is 0 Å². The predicted molar refractivity (Wildman–Crippen MR) is 226 cm³/mol. The van der Waals surface area contributed by atoms with Gasteiger partial charge in [0.05, 0.1) is 0 Å². The standard InChI is InChI=1S/C51H31N3/c1-3-12-32(13-4-1)37-20-10-22-41-38(37)21-11-23-45(41)50-52-49(36-14-5-2-6-15-36)53-51(54-50)46-31-30-42(39-18-7-8-19-40(39)46)43-28-26-35-25-24-33-16-9-17-34-27-29-44(43)48(35)47(33)34/h1-31H. The molecule has 1 aromatic heterocycles. The van der Waals surface area contributed by atoms with Crippen LogP contribution in [0.4, 0.5) is 0 Å². The van der Waals surface area contributed by atoms with Gasteiger partial charge in [0.25, 0.3) is 0 Å². The second-order valence-corrected chi connectivity index (χ2v) is 13.9. The Bertz CT molecular complexity index is 3190. The molecule has 0 saturated heterocycles. The molecule has 0 spiro atoms. The average molecular weight is 686 g/mol. The molecule has 0 aliphatic carbocycles. The van der Waals surface area contributed by atoms with Gasteiger partial charge >= 0.3 is 0 Å². The molecule has 0 aliphatic heterocycles. The van der Waals surface area contributed by atoms with E-state index in [4.69, 9.17) is 15.0 Å². The molecular weight excluding hydrogens is 655 g/mol. The first-order valence-electron chi connectivity index (χ1n) is 18.4. The number of fused-ring (bicyclic) bond motifs is 2. The summed E-state index contributed by atoms with van der Waals surface area (Å²) in [6, 6.07) is 66.9. The van der Waals surface area contributed by atoms with Crippen LogP contribution in [-0.2, 0) is 0 Å². The van der Waals surface area contributed by atoms with Crippen LogP contribution in [0.1, 0.15) is 0 Å². The molecule has 3 nitrogen and oxygen atoms in total. The van der Waals surface area contributed by atoms with Crippen LogP contribution < -0.4 is 0 Å². The van der Waals surface area contributed by atoms with E-state index in [2.05, 4.69) is 170 Å². The Morgan fingerprint density at radius 1 is 0.222 bits per heavy atom. The van der Waals surface area contributed by atoms with Crippen molar-refractivity contribution in [2.24, 2.45) is 0 Å². The molecule has 250 valence electrons. The molecule has 0 saturated carbocycles. The van der Waals surface area contributed by atoms with Crippen molar-refractivity contribution in [3.8, 4) is 56.4 Å². The van der Waals surface area contributed by atoms with Gasteiger partial charge in [-0.1, -0.05) is 182 Å². The Hall–Kier alpha value is -7.23. The molecule has 1 heterocycles. The number of benzene rings is 10. The van der Waals surface area contributed by atoms with Crippen molar-refractivity contribution in [2.75, 3.05) is 0 Å². The number of aromatic nitrogens is 3. The molecule has 3 heteroatoms. The van der Waals surface area contributed by atoms with Gasteiger partial charge in [0.2, 0.25) is 0 Å². The van der Waals surface area contributed by atoms with Gasteiger partial charge in [-0.25, -0.2) is 15.0 Å². The smallest absolute Gasteiger partial charge is 0.164 e. The fourth-order valence-corrected chi connectivity index (χ4v) is 8.41. The third-order valence-electron chi connectivity index (χ3n) is 10.9. The van der Waals surface area contributed by atoms with E-state index in [1.54, 1.807) is 0 Å². The Balaban J connectivity index is 1.13. The van der Waals surface area contributed by atoms with E-state index in [9.17, 15) is 0 Å². The summed E-state index contributed by atoms with van der Waals surface area (Å²) in [4.78, 5) is 15.6. The van der Waals surface area contributed by atoms with E-state index < -0.39 is 0 Å². The van der Waals surface area contributed by atoms with Crippen LogP contribution in [-0.4, -0.2) is 15.0 Å². The van der Waals surface area contributed by atoms with Crippen molar-refractivity contribution in [1.82, 2.24) is 15.0 Å². The van der Waals surface area contributed by atoms with Gasteiger partial charge in [-0.15, -0.1) is 0 Å². The van der Waals surface area contributed by atoms with Crippen LogP contribution >= 0.6 is 0 Å². The van der Waals surface area contributed by atoms with Crippen molar-refractivity contribution in [2.45, 2.75) is 0 Å². The third kappa shape index (κ3) is 4.79. The molecule has 0 radical (unpaired) electrons. The maximum atomic E-state index is 5.29. The molecule has 0 amide bonds. The predicted octanol–water partition coefficient (Wildman–Crippen LogP) is 13.4. The lowest BCUT2D eigenvalue weighted by Crippen LogP contribution is -2.01. The largest absolute Gasteiger partial charge is 0.208 e. The van der Waals surface area contributed by atoms with Crippen LogP contribution in [0.5, 0.6) is 0 Å². The Kier molecular flexibility index (Phi) is 6.86. The highest BCUT2D eigenvalue weighted by atomic mass is 15.0. The fraction of sp³-hybridized carbons (Fsp3) is 0. The molecule has 11 aromatic rings.